The molecule has 6 nitrogen and oxygen atoms in total. The van der Waals surface area contributed by atoms with Crippen LogP contribution in [0.5, 0.6) is 0 Å². The number of amides is 2. The summed E-state index contributed by atoms with van der Waals surface area (Å²) in [6.07, 6.45) is -0.541. The van der Waals surface area contributed by atoms with Gasteiger partial charge >= 0.3 is 6.18 Å². The van der Waals surface area contributed by atoms with E-state index in [0.717, 1.165) is 23.5 Å². The zero-order chi connectivity index (χ0) is 26.4. The van der Waals surface area contributed by atoms with E-state index in [0.29, 0.717) is 40.9 Å². The quantitative estimate of drug-likeness (QED) is 0.338. The van der Waals surface area contributed by atoms with Crippen LogP contribution in [-0.4, -0.2) is 28.3 Å². The molecular formula is C28H23F3N4O2. The number of hydrogen-bond acceptors (Lipinski definition) is 4. The van der Waals surface area contributed by atoms with Crippen LogP contribution < -0.4 is 10.6 Å². The predicted octanol–water partition coefficient (Wildman–Crippen LogP) is 5.70. The van der Waals surface area contributed by atoms with Gasteiger partial charge in [0.05, 0.1) is 17.0 Å². The second-order valence-electron chi connectivity index (χ2n) is 8.31. The molecule has 0 unspecified atom stereocenters. The fourth-order valence-electron chi connectivity index (χ4n) is 3.63. The van der Waals surface area contributed by atoms with E-state index in [1.54, 1.807) is 60.9 Å². The van der Waals surface area contributed by atoms with Gasteiger partial charge in [-0.1, -0.05) is 30.3 Å². The minimum atomic E-state index is -4.44. The molecule has 0 spiro atoms. The first kappa shape index (κ1) is 25.6. The molecule has 188 valence electrons. The van der Waals surface area contributed by atoms with Crippen molar-refractivity contribution in [3.63, 3.8) is 0 Å². The lowest BCUT2D eigenvalue weighted by atomic mass is 9.98. The second kappa shape index (κ2) is 11.0. The monoisotopic (exact) mass is 504 g/mol. The summed E-state index contributed by atoms with van der Waals surface area (Å²) in [6, 6.07) is 17.7. The molecule has 0 aliphatic heterocycles. The zero-order valence-corrected chi connectivity index (χ0v) is 19.8. The molecule has 0 atom stereocenters. The molecule has 0 aliphatic carbocycles. The molecule has 2 N–H and O–H groups in total. The molecule has 3 aromatic carbocycles. The van der Waals surface area contributed by atoms with Crippen LogP contribution >= 0.6 is 0 Å². The fourth-order valence-corrected chi connectivity index (χ4v) is 3.63. The lowest BCUT2D eigenvalue weighted by Crippen LogP contribution is -2.26. The summed E-state index contributed by atoms with van der Waals surface area (Å²) in [4.78, 5) is 33.8. The highest BCUT2D eigenvalue weighted by atomic mass is 19.4. The minimum absolute atomic E-state index is 0.259. The van der Waals surface area contributed by atoms with Gasteiger partial charge in [0.15, 0.2) is 0 Å². The topological polar surface area (TPSA) is 84.0 Å². The van der Waals surface area contributed by atoms with Crippen LogP contribution in [0.4, 0.5) is 18.9 Å². The number of hydrogen-bond donors (Lipinski definition) is 2. The van der Waals surface area contributed by atoms with Crippen LogP contribution in [0.2, 0.25) is 0 Å². The van der Waals surface area contributed by atoms with Crippen molar-refractivity contribution in [3.05, 3.63) is 113 Å². The average Bonchev–Trinajstić information content (AvgIpc) is 2.90. The Bertz CT molecular complexity index is 1390. The predicted molar refractivity (Wildman–Crippen MR) is 134 cm³/mol. The maximum absolute atomic E-state index is 13.0. The Morgan fingerprint density at radius 1 is 0.838 bits per heavy atom. The molecule has 0 radical (unpaired) electrons. The zero-order valence-electron chi connectivity index (χ0n) is 19.8. The van der Waals surface area contributed by atoms with Gasteiger partial charge in [0.25, 0.3) is 11.8 Å². The highest BCUT2D eigenvalue weighted by Crippen LogP contribution is 2.32. The van der Waals surface area contributed by atoms with Gasteiger partial charge in [-0.2, -0.15) is 13.2 Å². The number of alkyl halides is 3. The summed E-state index contributed by atoms with van der Waals surface area (Å²) in [7, 11) is 0. The Labute approximate surface area is 211 Å². The first-order valence-electron chi connectivity index (χ1n) is 11.4. The summed E-state index contributed by atoms with van der Waals surface area (Å²) in [5.74, 6) is -0.683. The van der Waals surface area contributed by atoms with E-state index in [4.69, 9.17) is 0 Å². The first-order valence-corrected chi connectivity index (χ1v) is 11.4. The van der Waals surface area contributed by atoms with Gasteiger partial charge in [-0.05, 0) is 60.5 Å². The number of halogens is 3. The second-order valence-corrected chi connectivity index (χ2v) is 8.31. The Balaban J connectivity index is 1.39. The van der Waals surface area contributed by atoms with Crippen molar-refractivity contribution in [2.75, 3.05) is 11.9 Å². The van der Waals surface area contributed by atoms with Crippen molar-refractivity contribution in [1.29, 1.82) is 0 Å². The SMILES string of the molecule is Cc1cnc(CCNC(=O)c2ccc(NC(=O)c3ccccc3-c3ccc(C(F)(F)F)cc3)cc2)cn1. The number of carbonyl (C=O) groups excluding carboxylic acids is 2. The third-order valence-electron chi connectivity index (χ3n) is 5.60. The number of benzene rings is 3. The lowest BCUT2D eigenvalue weighted by molar-refractivity contribution is -0.137. The van der Waals surface area contributed by atoms with Crippen LogP contribution in [0.15, 0.2) is 85.2 Å². The Kier molecular flexibility index (Phi) is 7.62. The van der Waals surface area contributed by atoms with Gasteiger partial charge in [-0.3, -0.25) is 19.6 Å². The molecule has 0 aliphatic rings. The summed E-state index contributed by atoms with van der Waals surface area (Å²) >= 11 is 0. The van der Waals surface area contributed by atoms with E-state index in [1.807, 2.05) is 6.92 Å². The third kappa shape index (κ3) is 6.58. The lowest BCUT2D eigenvalue weighted by Gasteiger charge is -2.12. The smallest absolute Gasteiger partial charge is 0.352 e. The van der Waals surface area contributed by atoms with Gasteiger partial charge in [0, 0.05) is 42.2 Å². The van der Waals surface area contributed by atoms with Crippen molar-refractivity contribution in [3.8, 4) is 11.1 Å². The molecule has 0 bridgehead atoms. The number of nitrogens with one attached hydrogen (secondary N) is 2. The van der Waals surface area contributed by atoms with Crippen LogP contribution in [0.1, 0.15) is 37.7 Å². The van der Waals surface area contributed by atoms with Gasteiger partial charge in [-0.15, -0.1) is 0 Å². The molecule has 1 heterocycles. The van der Waals surface area contributed by atoms with Gasteiger partial charge in [-0.25, -0.2) is 0 Å². The van der Waals surface area contributed by atoms with Crippen molar-refractivity contribution in [2.24, 2.45) is 0 Å². The van der Waals surface area contributed by atoms with Crippen LogP contribution in [0.3, 0.4) is 0 Å². The molecule has 37 heavy (non-hydrogen) atoms. The van der Waals surface area contributed by atoms with Crippen molar-refractivity contribution in [1.82, 2.24) is 15.3 Å². The standard InChI is InChI=1S/C28H23F3N4O2/c1-18-16-34-23(17-33-18)14-15-32-26(36)20-8-12-22(13-9-20)35-27(37)25-5-3-2-4-24(25)19-6-10-21(11-7-19)28(29,30)31/h2-13,16-17H,14-15H2,1H3,(H,32,36)(H,35,37). The molecule has 9 heteroatoms. The van der Waals surface area contributed by atoms with E-state index >= 15 is 0 Å². The first-order chi connectivity index (χ1) is 17.7. The van der Waals surface area contributed by atoms with Crippen LogP contribution in [0.25, 0.3) is 11.1 Å². The molecule has 1 aromatic heterocycles. The molecule has 4 aromatic rings. The number of aromatic nitrogens is 2. The number of nitrogens with zero attached hydrogens (tertiary/aromatic N) is 2. The average molecular weight is 505 g/mol. The van der Waals surface area contributed by atoms with E-state index in [9.17, 15) is 22.8 Å². The largest absolute Gasteiger partial charge is 0.416 e. The highest BCUT2D eigenvalue weighted by Gasteiger charge is 2.30. The normalized spacial score (nSPS) is 11.1. The minimum Gasteiger partial charge on any atom is -0.352 e. The van der Waals surface area contributed by atoms with Crippen molar-refractivity contribution in [2.45, 2.75) is 19.5 Å². The Morgan fingerprint density at radius 3 is 2.19 bits per heavy atom. The van der Waals surface area contributed by atoms with E-state index in [-0.39, 0.29) is 5.91 Å². The van der Waals surface area contributed by atoms with Gasteiger partial charge in [0.2, 0.25) is 0 Å². The third-order valence-corrected chi connectivity index (χ3v) is 5.60. The summed E-state index contributed by atoms with van der Waals surface area (Å²) in [6.45, 7) is 2.25. The maximum Gasteiger partial charge on any atom is 0.416 e. The molecule has 0 saturated carbocycles. The molecule has 0 fully saturated rings. The van der Waals surface area contributed by atoms with E-state index in [2.05, 4.69) is 20.6 Å². The van der Waals surface area contributed by atoms with Crippen LogP contribution in [0, 0.1) is 6.92 Å². The van der Waals surface area contributed by atoms with Gasteiger partial charge < -0.3 is 10.6 Å². The number of carbonyl (C=O) groups is 2. The highest BCUT2D eigenvalue weighted by molar-refractivity contribution is 6.09. The molecule has 2 amide bonds. The maximum atomic E-state index is 13.0. The Hall–Kier alpha value is -4.53. The van der Waals surface area contributed by atoms with Gasteiger partial charge in [0.1, 0.15) is 0 Å². The number of anilines is 1. The number of aryl methyl sites for hydroxylation is 1. The summed E-state index contributed by atoms with van der Waals surface area (Å²) < 4.78 is 38.7. The van der Waals surface area contributed by atoms with Crippen molar-refractivity contribution >= 4 is 17.5 Å². The Morgan fingerprint density at radius 2 is 1.54 bits per heavy atom. The fraction of sp³-hybridized carbons (Fsp3) is 0.143. The van der Waals surface area contributed by atoms with E-state index in [1.165, 1.54) is 12.1 Å². The molecule has 4 rings (SSSR count). The summed E-state index contributed by atoms with van der Waals surface area (Å²) in [5.41, 5.74) is 3.04. The van der Waals surface area contributed by atoms with E-state index < -0.39 is 17.6 Å². The van der Waals surface area contributed by atoms with Crippen molar-refractivity contribution < 1.29 is 22.8 Å². The van der Waals surface area contributed by atoms with Crippen LogP contribution in [-0.2, 0) is 12.6 Å². The molecular weight excluding hydrogens is 481 g/mol. The number of rotatable bonds is 7. The summed E-state index contributed by atoms with van der Waals surface area (Å²) in [5, 5.41) is 5.60. The molecule has 0 saturated heterocycles.